The lowest BCUT2D eigenvalue weighted by Crippen LogP contribution is -2.10. The summed E-state index contributed by atoms with van der Waals surface area (Å²) in [4.78, 5) is 11.4. The lowest BCUT2D eigenvalue weighted by molar-refractivity contribution is -0.144. The van der Waals surface area contributed by atoms with Gasteiger partial charge in [-0.2, -0.15) is 0 Å². The average molecular weight is 194 g/mol. The van der Waals surface area contributed by atoms with Gasteiger partial charge in [-0.05, 0) is 43.9 Å². The van der Waals surface area contributed by atoms with Crippen LogP contribution in [0.25, 0.3) is 0 Å². The van der Waals surface area contributed by atoms with Crippen molar-refractivity contribution in [3.8, 4) is 0 Å². The quantitative estimate of drug-likeness (QED) is 0.438. The van der Waals surface area contributed by atoms with Crippen molar-refractivity contribution < 1.29 is 9.53 Å². The van der Waals surface area contributed by atoms with Crippen molar-refractivity contribution in [1.82, 2.24) is 0 Å². The molecule has 1 aliphatic carbocycles. The SMILES string of the molecule is O=C1C[C@@H]2CC[C@H](C/C=C\CCO1)C2. The molecular weight excluding hydrogens is 176 g/mol. The number of carbonyl (C=O) groups excluding carboxylic acids is 1. The van der Waals surface area contributed by atoms with Crippen LogP contribution in [0.5, 0.6) is 0 Å². The van der Waals surface area contributed by atoms with E-state index in [1.165, 1.54) is 25.7 Å². The highest BCUT2D eigenvalue weighted by Crippen LogP contribution is 2.35. The normalized spacial score (nSPS) is 35.9. The van der Waals surface area contributed by atoms with Crippen LogP contribution in [-0.2, 0) is 9.53 Å². The Bertz CT molecular complexity index is 232. The van der Waals surface area contributed by atoms with E-state index in [1.807, 2.05) is 0 Å². The summed E-state index contributed by atoms with van der Waals surface area (Å²) < 4.78 is 5.13. The molecule has 2 heteroatoms. The van der Waals surface area contributed by atoms with Crippen LogP contribution in [0.3, 0.4) is 0 Å². The smallest absolute Gasteiger partial charge is 0.306 e. The predicted octanol–water partition coefficient (Wildman–Crippen LogP) is 2.69. The zero-order valence-electron chi connectivity index (χ0n) is 8.58. The van der Waals surface area contributed by atoms with Gasteiger partial charge in [-0.25, -0.2) is 0 Å². The zero-order chi connectivity index (χ0) is 9.80. The Hall–Kier alpha value is -0.790. The lowest BCUT2D eigenvalue weighted by atomic mass is 9.99. The van der Waals surface area contributed by atoms with Crippen molar-refractivity contribution in [3.05, 3.63) is 12.2 Å². The minimum absolute atomic E-state index is 0.00551. The molecular formula is C12H18O2. The van der Waals surface area contributed by atoms with Gasteiger partial charge in [-0.15, -0.1) is 0 Å². The summed E-state index contributed by atoms with van der Waals surface area (Å²) in [6.07, 6.45) is 10.9. The van der Waals surface area contributed by atoms with Crippen LogP contribution >= 0.6 is 0 Å². The minimum Gasteiger partial charge on any atom is -0.465 e. The Morgan fingerprint density at radius 3 is 3.00 bits per heavy atom. The highest BCUT2D eigenvalue weighted by atomic mass is 16.5. The largest absolute Gasteiger partial charge is 0.465 e. The molecule has 1 fully saturated rings. The number of carbonyl (C=O) groups is 1. The van der Waals surface area contributed by atoms with E-state index in [4.69, 9.17) is 4.74 Å². The van der Waals surface area contributed by atoms with Crippen molar-refractivity contribution in [3.63, 3.8) is 0 Å². The third-order valence-electron chi connectivity index (χ3n) is 3.29. The summed E-state index contributed by atoms with van der Waals surface area (Å²) in [7, 11) is 0. The van der Waals surface area contributed by atoms with Crippen molar-refractivity contribution in [2.45, 2.75) is 38.5 Å². The number of hydrogen-bond donors (Lipinski definition) is 0. The van der Waals surface area contributed by atoms with Gasteiger partial charge in [0.15, 0.2) is 0 Å². The molecule has 0 aromatic heterocycles. The fourth-order valence-electron chi connectivity index (χ4n) is 2.52. The summed E-state index contributed by atoms with van der Waals surface area (Å²) in [5.74, 6) is 1.42. The molecule has 2 nitrogen and oxygen atoms in total. The van der Waals surface area contributed by atoms with Gasteiger partial charge in [0.25, 0.3) is 0 Å². The summed E-state index contributed by atoms with van der Waals surface area (Å²) in [6.45, 7) is 0.562. The van der Waals surface area contributed by atoms with Gasteiger partial charge < -0.3 is 4.74 Å². The molecule has 78 valence electrons. The van der Waals surface area contributed by atoms with Crippen LogP contribution in [0.15, 0.2) is 12.2 Å². The van der Waals surface area contributed by atoms with Gasteiger partial charge in [0, 0.05) is 6.42 Å². The number of cyclic esters (lactones) is 1. The molecule has 2 rings (SSSR count). The van der Waals surface area contributed by atoms with E-state index in [0.29, 0.717) is 18.9 Å². The number of allylic oxidation sites excluding steroid dienone is 1. The second kappa shape index (κ2) is 4.63. The van der Waals surface area contributed by atoms with Crippen molar-refractivity contribution in [2.24, 2.45) is 11.8 Å². The van der Waals surface area contributed by atoms with E-state index in [1.54, 1.807) is 0 Å². The molecule has 0 aromatic carbocycles. The van der Waals surface area contributed by atoms with E-state index >= 15 is 0 Å². The van der Waals surface area contributed by atoms with Gasteiger partial charge >= 0.3 is 5.97 Å². The molecule has 14 heavy (non-hydrogen) atoms. The molecule has 2 bridgehead atoms. The van der Waals surface area contributed by atoms with E-state index < -0.39 is 0 Å². The number of rotatable bonds is 0. The minimum atomic E-state index is 0.00551. The Balaban J connectivity index is 1.95. The van der Waals surface area contributed by atoms with Crippen LogP contribution in [0.2, 0.25) is 0 Å². The second-order valence-corrected chi connectivity index (χ2v) is 4.47. The van der Waals surface area contributed by atoms with Crippen molar-refractivity contribution in [1.29, 1.82) is 0 Å². The lowest BCUT2D eigenvalue weighted by Gasteiger charge is -2.08. The van der Waals surface area contributed by atoms with Crippen molar-refractivity contribution >= 4 is 5.97 Å². The molecule has 1 aliphatic heterocycles. The molecule has 0 N–H and O–H groups in total. The summed E-state index contributed by atoms with van der Waals surface area (Å²) >= 11 is 0. The first-order valence-corrected chi connectivity index (χ1v) is 5.65. The first kappa shape index (κ1) is 9.75. The molecule has 2 aliphatic rings. The van der Waals surface area contributed by atoms with Crippen LogP contribution in [0, 0.1) is 11.8 Å². The third-order valence-corrected chi connectivity index (χ3v) is 3.29. The molecule has 2 atom stereocenters. The van der Waals surface area contributed by atoms with Gasteiger partial charge in [-0.3, -0.25) is 4.79 Å². The van der Waals surface area contributed by atoms with E-state index in [2.05, 4.69) is 12.2 Å². The molecule has 0 amide bonds. The number of fused-ring (bicyclic) bond motifs is 2. The fraction of sp³-hybridized carbons (Fsp3) is 0.750. The molecule has 1 heterocycles. The Kier molecular flexibility index (Phi) is 3.22. The van der Waals surface area contributed by atoms with E-state index in [0.717, 1.165) is 12.3 Å². The number of ether oxygens (including phenoxy) is 1. The van der Waals surface area contributed by atoms with Crippen LogP contribution in [0.4, 0.5) is 0 Å². The van der Waals surface area contributed by atoms with Gasteiger partial charge in [-0.1, -0.05) is 12.2 Å². The standard InChI is InChI=1S/C12H18O2/c13-12-9-11-6-5-10(8-11)4-2-1-3-7-14-12/h1-2,10-11H,3-9H2/b2-1-/t10-,11+/m0/s1. The Morgan fingerprint density at radius 1 is 1.21 bits per heavy atom. The van der Waals surface area contributed by atoms with Crippen LogP contribution in [-0.4, -0.2) is 12.6 Å². The maximum atomic E-state index is 11.4. The monoisotopic (exact) mass is 194 g/mol. The zero-order valence-corrected chi connectivity index (χ0v) is 8.58. The number of hydrogen-bond acceptors (Lipinski definition) is 2. The fourth-order valence-corrected chi connectivity index (χ4v) is 2.52. The van der Waals surface area contributed by atoms with E-state index in [-0.39, 0.29) is 5.97 Å². The molecule has 0 unspecified atom stereocenters. The van der Waals surface area contributed by atoms with Crippen LogP contribution < -0.4 is 0 Å². The third kappa shape index (κ3) is 2.60. The Labute approximate surface area is 85.3 Å². The summed E-state index contributed by atoms with van der Waals surface area (Å²) in [5, 5.41) is 0. The van der Waals surface area contributed by atoms with Gasteiger partial charge in [0.1, 0.15) is 0 Å². The first-order valence-electron chi connectivity index (χ1n) is 5.65. The van der Waals surface area contributed by atoms with Gasteiger partial charge in [0.2, 0.25) is 0 Å². The molecule has 0 spiro atoms. The Morgan fingerprint density at radius 2 is 2.07 bits per heavy atom. The second-order valence-electron chi connectivity index (χ2n) is 4.47. The molecule has 0 saturated heterocycles. The highest BCUT2D eigenvalue weighted by molar-refractivity contribution is 5.69. The van der Waals surface area contributed by atoms with E-state index in [9.17, 15) is 4.79 Å². The molecule has 0 radical (unpaired) electrons. The molecule has 0 aromatic rings. The summed E-state index contributed by atoms with van der Waals surface area (Å²) in [5.41, 5.74) is 0. The van der Waals surface area contributed by atoms with Crippen LogP contribution in [0.1, 0.15) is 38.5 Å². The number of esters is 1. The molecule has 1 saturated carbocycles. The predicted molar refractivity (Wildman–Crippen MR) is 54.8 cm³/mol. The maximum absolute atomic E-state index is 11.4. The van der Waals surface area contributed by atoms with Crippen molar-refractivity contribution in [2.75, 3.05) is 6.61 Å². The first-order chi connectivity index (χ1) is 6.84. The topological polar surface area (TPSA) is 26.3 Å². The summed E-state index contributed by atoms with van der Waals surface area (Å²) in [6, 6.07) is 0. The maximum Gasteiger partial charge on any atom is 0.306 e. The highest BCUT2D eigenvalue weighted by Gasteiger charge is 2.26. The average Bonchev–Trinajstić information content (AvgIpc) is 2.55. The van der Waals surface area contributed by atoms with Gasteiger partial charge in [0.05, 0.1) is 6.61 Å².